The Kier molecular flexibility index (Phi) is 5.67. The standard InChI is InChI=1S/C14H21NO.C2H6/c1-5-11-7-13-9-15(3)10(2)6-12(13)8-14(11)16-4;1-2/h7-8,10H,5-6,9H2,1-4H3;1-2H3/t10-;/m0./s1. The summed E-state index contributed by atoms with van der Waals surface area (Å²) in [7, 11) is 3.96. The van der Waals surface area contributed by atoms with Gasteiger partial charge in [-0.15, -0.1) is 0 Å². The molecule has 0 aromatic heterocycles. The predicted octanol–water partition coefficient (Wildman–Crippen LogP) is 3.66. The Bertz CT molecular complexity index is 350. The molecule has 1 atom stereocenters. The van der Waals surface area contributed by atoms with Gasteiger partial charge in [0, 0.05) is 12.6 Å². The summed E-state index contributed by atoms with van der Waals surface area (Å²) in [4.78, 5) is 2.41. The van der Waals surface area contributed by atoms with Crippen molar-refractivity contribution in [1.29, 1.82) is 0 Å². The van der Waals surface area contributed by atoms with Gasteiger partial charge in [-0.05, 0) is 49.6 Å². The van der Waals surface area contributed by atoms with Crippen LogP contribution in [-0.2, 0) is 19.4 Å². The van der Waals surface area contributed by atoms with Crippen LogP contribution >= 0.6 is 0 Å². The Hall–Kier alpha value is -1.02. The quantitative estimate of drug-likeness (QED) is 0.793. The maximum atomic E-state index is 5.45. The Morgan fingerprint density at radius 3 is 2.50 bits per heavy atom. The third-order valence-electron chi connectivity index (χ3n) is 3.67. The van der Waals surface area contributed by atoms with Gasteiger partial charge in [0.15, 0.2) is 0 Å². The highest BCUT2D eigenvalue weighted by Crippen LogP contribution is 2.29. The Balaban J connectivity index is 0.000000771. The van der Waals surface area contributed by atoms with Crippen LogP contribution in [0.1, 0.15) is 44.4 Å². The van der Waals surface area contributed by atoms with Crippen molar-refractivity contribution in [2.24, 2.45) is 0 Å². The Morgan fingerprint density at radius 2 is 1.94 bits per heavy atom. The Morgan fingerprint density at radius 1 is 1.28 bits per heavy atom. The molecule has 2 nitrogen and oxygen atoms in total. The van der Waals surface area contributed by atoms with Crippen molar-refractivity contribution in [2.75, 3.05) is 14.2 Å². The number of likely N-dealkylation sites (N-methyl/N-ethyl adjacent to an activating group) is 1. The number of methoxy groups -OCH3 is 1. The van der Waals surface area contributed by atoms with Gasteiger partial charge in [0.05, 0.1) is 7.11 Å². The maximum absolute atomic E-state index is 5.45. The third-order valence-corrected chi connectivity index (χ3v) is 3.67. The third kappa shape index (κ3) is 3.05. The molecule has 2 heteroatoms. The van der Waals surface area contributed by atoms with E-state index in [0.717, 1.165) is 25.1 Å². The number of fused-ring (bicyclic) bond motifs is 1. The molecule has 0 spiro atoms. The van der Waals surface area contributed by atoms with Gasteiger partial charge in [-0.1, -0.05) is 26.8 Å². The molecule has 1 aromatic rings. The smallest absolute Gasteiger partial charge is 0.122 e. The molecule has 0 bridgehead atoms. The summed E-state index contributed by atoms with van der Waals surface area (Å²) in [6.07, 6.45) is 2.17. The summed E-state index contributed by atoms with van der Waals surface area (Å²) < 4.78 is 5.45. The number of benzene rings is 1. The molecule has 0 radical (unpaired) electrons. The van der Waals surface area contributed by atoms with Crippen molar-refractivity contribution in [3.63, 3.8) is 0 Å². The summed E-state index contributed by atoms with van der Waals surface area (Å²) in [6, 6.07) is 5.18. The Labute approximate surface area is 112 Å². The topological polar surface area (TPSA) is 12.5 Å². The van der Waals surface area contributed by atoms with E-state index in [1.165, 1.54) is 16.7 Å². The van der Waals surface area contributed by atoms with Crippen LogP contribution in [0, 0.1) is 0 Å². The van der Waals surface area contributed by atoms with Crippen molar-refractivity contribution in [3.8, 4) is 5.75 Å². The largest absolute Gasteiger partial charge is 0.496 e. The zero-order chi connectivity index (χ0) is 13.7. The number of nitrogens with zero attached hydrogens (tertiary/aromatic N) is 1. The molecule has 1 aromatic carbocycles. The second-order valence-electron chi connectivity index (χ2n) is 4.75. The van der Waals surface area contributed by atoms with Crippen LogP contribution in [0.25, 0.3) is 0 Å². The van der Waals surface area contributed by atoms with E-state index in [1.807, 2.05) is 13.8 Å². The van der Waals surface area contributed by atoms with Crippen LogP contribution in [-0.4, -0.2) is 25.1 Å². The van der Waals surface area contributed by atoms with Gasteiger partial charge in [-0.2, -0.15) is 0 Å². The average molecular weight is 249 g/mol. The lowest BCUT2D eigenvalue weighted by Crippen LogP contribution is -2.35. The van der Waals surface area contributed by atoms with E-state index >= 15 is 0 Å². The molecule has 0 fully saturated rings. The molecule has 1 heterocycles. The molecule has 0 saturated carbocycles. The van der Waals surface area contributed by atoms with Gasteiger partial charge in [0.25, 0.3) is 0 Å². The highest BCUT2D eigenvalue weighted by molar-refractivity contribution is 5.44. The van der Waals surface area contributed by atoms with Gasteiger partial charge in [0.1, 0.15) is 5.75 Å². The first-order valence-electron chi connectivity index (χ1n) is 7.04. The van der Waals surface area contributed by atoms with Crippen LogP contribution in [0.2, 0.25) is 0 Å². The second kappa shape index (κ2) is 6.79. The molecule has 18 heavy (non-hydrogen) atoms. The minimum atomic E-state index is 0.629. The van der Waals surface area contributed by atoms with E-state index in [1.54, 1.807) is 7.11 Å². The molecule has 0 unspecified atom stereocenters. The van der Waals surface area contributed by atoms with Crippen molar-refractivity contribution in [1.82, 2.24) is 4.90 Å². The van der Waals surface area contributed by atoms with Crippen LogP contribution in [0.5, 0.6) is 5.75 Å². The molecule has 0 saturated heterocycles. The van der Waals surface area contributed by atoms with Crippen LogP contribution < -0.4 is 4.74 Å². The number of ether oxygens (including phenoxy) is 1. The van der Waals surface area contributed by atoms with Gasteiger partial charge in [0.2, 0.25) is 0 Å². The summed E-state index contributed by atoms with van der Waals surface area (Å²) in [6.45, 7) is 9.52. The molecule has 0 aliphatic carbocycles. The van der Waals surface area contributed by atoms with Crippen molar-refractivity contribution >= 4 is 0 Å². The zero-order valence-electron chi connectivity index (χ0n) is 12.7. The number of aryl methyl sites for hydroxylation is 1. The predicted molar refractivity (Wildman–Crippen MR) is 78.4 cm³/mol. The fourth-order valence-electron chi connectivity index (χ4n) is 2.42. The van der Waals surface area contributed by atoms with Crippen LogP contribution in [0.3, 0.4) is 0 Å². The molecule has 0 amide bonds. The van der Waals surface area contributed by atoms with E-state index in [9.17, 15) is 0 Å². The molecule has 1 aliphatic heterocycles. The first-order chi connectivity index (χ1) is 8.65. The number of hydrogen-bond donors (Lipinski definition) is 0. The molecule has 102 valence electrons. The highest BCUT2D eigenvalue weighted by atomic mass is 16.5. The zero-order valence-corrected chi connectivity index (χ0v) is 12.7. The number of hydrogen-bond acceptors (Lipinski definition) is 2. The lowest BCUT2D eigenvalue weighted by molar-refractivity contribution is 0.230. The minimum Gasteiger partial charge on any atom is -0.496 e. The van der Waals surface area contributed by atoms with Gasteiger partial charge < -0.3 is 4.74 Å². The normalized spacial score (nSPS) is 18.7. The molecular formula is C16H27NO. The summed E-state index contributed by atoms with van der Waals surface area (Å²) >= 11 is 0. The van der Waals surface area contributed by atoms with Gasteiger partial charge in [-0.25, -0.2) is 0 Å². The van der Waals surface area contributed by atoms with E-state index in [-0.39, 0.29) is 0 Å². The van der Waals surface area contributed by atoms with E-state index in [0.29, 0.717) is 6.04 Å². The molecule has 1 aliphatic rings. The fourth-order valence-corrected chi connectivity index (χ4v) is 2.42. The fraction of sp³-hybridized carbons (Fsp3) is 0.625. The summed E-state index contributed by atoms with van der Waals surface area (Å²) in [5.74, 6) is 1.05. The first-order valence-corrected chi connectivity index (χ1v) is 7.04. The second-order valence-corrected chi connectivity index (χ2v) is 4.75. The van der Waals surface area contributed by atoms with E-state index in [4.69, 9.17) is 4.74 Å². The molecule has 0 N–H and O–H groups in total. The first kappa shape index (κ1) is 15.0. The van der Waals surface area contributed by atoms with Gasteiger partial charge >= 0.3 is 0 Å². The number of rotatable bonds is 2. The van der Waals surface area contributed by atoms with Gasteiger partial charge in [-0.3, -0.25) is 4.90 Å². The van der Waals surface area contributed by atoms with Crippen LogP contribution in [0.15, 0.2) is 12.1 Å². The monoisotopic (exact) mass is 249 g/mol. The van der Waals surface area contributed by atoms with Crippen molar-refractivity contribution in [3.05, 3.63) is 28.8 Å². The lowest BCUT2D eigenvalue weighted by Gasteiger charge is -2.32. The van der Waals surface area contributed by atoms with Crippen LogP contribution in [0.4, 0.5) is 0 Å². The maximum Gasteiger partial charge on any atom is 0.122 e. The lowest BCUT2D eigenvalue weighted by atomic mass is 9.92. The van der Waals surface area contributed by atoms with Crippen molar-refractivity contribution in [2.45, 2.75) is 53.1 Å². The van der Waals surface area contributed by atoms with E-state index < -0.39 is 0 Å². The van der Waals surface area contributed by atoms with Crippen molar-refractivity contribution < 1.29 is 4.74 Å². The molecular weight excluding hydrogens is 222 g/mol. The minimum absolute atomic E-state index is 0.629. The average Bonchev–Trinajstić information content (AvgIpc) is 2.41. The highest BCUT2D eigenvalue weighted by Gasteiger charge is 2.21. The summed E-state index contributed by atoms with van der Waals surface area (Å²) in [5, 5.41) is 0. The van der Waals surface area contributed by atoms with E-state index in [2.05, 4.69) is 37.9 Å². The summed E-state index contributed by atoms with van der Waals surface area (Å²) in [5.41, 5.74) is 4.25. The molecule has 2 rings (SSSR count). The SMILES string of the molecule is CC.CCc1cc2c(cc1OC)C[C@H](C)N(C)C2.